The van der Waals surface area contributed by atoms with E-state index < -0.39 is 5.60 Å². The van der Waals surface area contributed by atoms with Crippen LogP contribution in [0.25, 0.3) is 0 Å². The van der Waals surface area contributed by atoms with Crippen LogP contribution in [0, 0.1) is 0 Å². The molecule has 1 aromatic carbocycles. The van der Waals surface area contributed by atoms with Crippen molar-refractivity contribution < 1.29 is 9.84 Å². The van der Waals surface area contributed by atoms with Crippen LogP contribution in [-0.2, 0) is 18.1 Å². The molecule has 0 bridgehead atoms. The van der Waals surface area contributed by atoms with Crippen molar-refractivity contribution in [2.45, 2.75) is 38.7 Å². The van der Waals surface area contributed by atoms with Gasteiger partial charge >= 0.3 is 0 Å². The Kier molecular flexibility index (Phi) is 7.07. The minimum absolute atomic E-state index is 0.164. The predicted molar refractivity (Wildman–Crippen MR) is 113 cm³/mol. The Morgan fingerprint density at radius 3 is 2.61 bits per heavy atom. The lowest BCUT2D eigenvalue weighted by atomic mass is 9.84. The van der Waals surface area contributed by atoms with Crippen LogP contribution in [0.2, 0.25) is 0 Å². The summed E-state index contributed by atoms with van der Waals surface area (Å²) in [6.45, 7) is 9.74. The van der Waals surface area contributed by atoms with Crippen LogP contribution >= 0.6 is 0 Å². The standard InChI is InChI=1S/C21H33N5O2/c1-7-22-19(24-15-21(4,27)17-12-25-26(5)13-17)23-14-20(2,3)16-9-8-10-18(11-16)28-6/h8-13,27H,7,14-15H2,1-6H3,(H2,22,23,24). The smallest absolute Gasteiger partial charge is 0.191 e. The van der Waals surface area contributed by atoms with E-state index >= 15 is 0 Å². The summed E-state index contributed by atoms with van der Waals surface area (Å²) in [7, 11) is 3.50. The van der Waals surface area contributed by atoms with Gasteiger partial charge in [0.25, 0.3) is 0 Å². The van der Waals surface area contributed by atoms with Crippen LogP contribution in [0.3, 0.4) is 0 Å². The second kappa shape index (κ2) is 9.10. The Hall–Kier alpha value is -2.54. The van der Waals surface area contributed by atoms with Crippen molar-refractivity contribution in [3.63, 3.8) is 0 Å². The molecule has 0 aliphatic carbocycles. The van der Waals surface area contributed by atoms with Gasteiger partial charge in [0.15, 0.2) is 5.96 Å². The first-order chi connectivity index (χ1) is 13.2. The molecule has 2 rings (SSSR count). The molecule has 1 atom stereocenters. The number of aromatic nitrogens is 2. The minimum Gasteiger partial charge on any atom is -0.497 e. The summed E-state index contributed by atoms with van der Waals surface area (Å²) in [6.07, 6.45) is 3.50. The van der Waals surface area contributed by atoms with E-state index in [0.29, 0.717) is 19.0 Å². The van der Waals surface area contributed by atoms with Gasteiger partial charge in [-0.15, -0.1) is 0 Å². The molecule has 1 heterocycles. The van der Waals surface area contributed by atoms with Crippen LogP contribution < -0.4 is 15.4 Å². The molecule has 0 saturated carbocycles. The lowest BCUT2D eigenvalue weighted by Gasteiger charge is -2.26. The normalized spacial score (nSPS) is 14.5. The van der Waals surface area contributed by atoms with E-state index in [2.05, 4.69) is 35.6 Å². The number of guanidine groups is 1. The number of ether oxygens (including phenoxy) is 1. The highest BCUT2D eigenvalue weighted by Gasteiger charge is 2.25. The van der Waals surface area contributed by atoms with Crippen molar-refractivity contribution >= 4 is 5.96 Å². The second-order valence-corrected chi connectivity index (χ2v) is 7.84. The molecule has 0 aliphatic rings. The van der Waals surface area contributed by atoms with E-state index in [1.807, 2.05) is 38.4 Å². The minimum atomic E-state index is -1.05. The number of aliphatic hydroxyl groups is 1. The maximum Gasteiger partial charge on any atom is 0.191 e. The highest BCUT2D eigenvalue weighted by atomic mass is 16.5. The molecule has 7 heteroatoms. The maximum atomic E-state index is 10.8. The molecule has 0 fully saturated rings. The molecule has 7 nitrogen and oxygen atoms in total. The van der Waals surface area contributed by atoms with E-state index in [9.17, 15) is 5.11 Å². The molecule has 154 valence electrons. The number of rotatable bonds is 8. The van der Waals surface area contributed by atoms with Crippen molar-refractivity contribution in [3.8, 4) is 5.75 Å². The lowest BCUT2D eigenvalue weighted by Crippen LogP contribution is -2.45. The van der Waals surface area contributed by atoms with E-state index in [1.165, 1.54) is 0 Å². The zero-order chi connectivity index (χ0) is 20.8. The van der Waals surface area contributed by atoms with E-state index in [4.69, 9.17) is 9.73 Å². The van der Waals surface area contributed by atoms with E-state index in [1.54, 1.807) is 24.9 Å². The Balaban J connectivity index is 2.08. The van der Waals surface area contributed by atoms with Gasteiger partial charge in [0.2, 0.25) is 0 Å². The molecule has 0 amide bonds. The molecular formula is C21H33N5O2. The number of nitrogens with zero attached hydrogens (tertiary/aromatic N) is 3. The predicted octanol–water partition coefficient (Wildman–Crippen LogP) is 2.17. The van der Waals surface area contributed by atoms with E-state index in [0.717, 1.165) is 23.4 Å². The average Bonchev–Trinajstić information content (AvgIpc) is 3.11. The van der Waals surface area contributed by atoms with Gasteiger partial charge in [-0.25, -0.2) is 0 Å². The van der Waals surface area contributed by atoms with Crippen molar-refractivity contribution in [3.05, 3.63) is 47.8 Å². The van der Waals surface area contributed by atoms with Crippen molar-refractivity contribution in [1.82, 2.24) is 20.4 Å². The summed E-state index contributed by atoms with van der Waals surface area (Å²) >= 11 is 0. The Morgan fingerprint density at radius 2 is 2.00 bits per heavy atom. The summed E-state index contributed by atoms with van der Waals surface area (Å²) in [5.74, 6) is 1.51. The number of aryl methyl sites for hydroxylation is 1. The third-order valence-corrected chi connectivity index (χ3v) is 4.75. The summed E-state index contributed by atoms with van der Waals surface area (Å²) in [5.41, 5.74) is 0.707. The Labute approximate surface area is 167 Å². The number of methoxy groups -OCH3 is 1. The molecule has 2 aromatic rings. The number of nitrogens with one attached hydrogen (secondary N) is 2. The molecule has 28 heavy (non-hydrogen) atoms. The van der Waals surface area contributed by atoms with Gasteiger partial charge in [-0.1, -0.05) is 26.0 Å². The fourth-order valence-electron chi connectivity index (χ4n) is 2.81. The lowest BCUT2D eigenvalue weighted by molar-refractivity contribution is 0.0616. The number of hydrogen-bond acceptors (Lipinski definition) is 4. The van der Waals surface area contributed by atoms with Gasteiger partial charge < -0.3 is 20.5 Å². The number of benzene rings is 1. The Morgan fingerprint density at radius 1 is 1.25 bits per heavy atom. The van der Waals surface area contributed by atoms with Gasteiger partial charge in [-0.05, 0) is 31.5 Å². The molecule has 0 radical (unpaired) electrons. The van der Waals surface area contributed by atoms with Gasteiger partial charge in [0.1, 0.15) is 11.4 Å². The zero-order valence-corrected chi connectivity index (χ0v) is 17.8. The second-order valence-electron chi connectivity index (χ2n) is 7.84. The molecule has 0 saturated heterocycles. The van der Waals surface area contributed by atoms with Gasteiger partial charge in [-0.3, -0.25) is 9.67 Å². The van der Waals surface area contributed by atoms with Crippen molar-refractivity contribution in [1.29, 1.82) is 0 Å². The summed E-state index contributed by atoms with van der Waals surface area (Å²) < 4.78 is 7.02. The van der Waals surface area contributed by atoms with Gasteiger partial charge in [-0.2, -0.15) is 5.10 Å². The van der Waals surface area contributed by atoms with Gasteiger partial charge in [0, 0.05) is 30.8 Å². The van der Waals surface area contributed by atoms with Crippen LogP contribution in [0.15, 0.2) is 41.7 Å². The summed E-state index contributed by atoms with van der Waals surface area (Å²) in [4.78, 5) is 4.74. The largest absolute Gasteiger partial charge is 0.497 e. The molecule has 3 N–H and O–H groups in total. The number of hydrogen-bond donors (Lipinski definition) is 3. The third-order valence-electron chi connectivity index (χ3n) is 4.75. The highest BCUT2D eigenvalue weighted by molar-refractivity contribution is 5.79. The highest BCUT2D eigenvalue weighted by Crippen LogP contribution is 2.26. The third kappa shape index (κ3) is 5.73. The molecule has 1 unspecified atom stereocenters. The maximum absolute atomic E-state index is 10.8. The summed E-state index contributed by atoms with van der Waals surface area (Å²) in [6, 6.07) is 8.07. The zero-order valence-electron chi connectivity index (χ0n) is 17.8. The monoisotopic (exact) mass is 387 g/mol. The van der Waals surface area contributed by atoms with Crippen molar-refractivity contribution in [2.75, 3.05) is 26.7 Å². The molecule has 1 aromatic heterocycles. The topological polar surface area (TPSA) is 83.7 Å². The van der Waals surface area contributed by atoms with Gasteiger partial charge in [0.05, 0.1) is 26.4 Å². The quantitative estimate of drug-likeness (QED) is 0.478. The molecule has 0 spiro atoms. The molecular weight excluding hydrogens is 354 g/mol. The number of aliphatic imine (C=N–C) groups is 1. The van der Waals surface area contributed by atoms with Crippen LogP contribution in [0.4, 0.5) is 0 Å². The van der Waals surface area contributed by atoms with Crippen LogP contribution in [-0.4, -0.2) is 47.6 Å². The first kappa shape index (κ1) is 21.8. The van der Waals surface area contributed by atoms with Crippen LogP contribution in [0.1, 0.15) is 38.8 Å². The SMILES string of the molecule is CCNC(=NCC(C)(C)c1cccc(OC)c1)NCC(C)(O)c1cnn(C)c1. The van der Waals surface area contributed by atoms with Crippen LogP contribution in [0.5, 0.6) is 5.75 Å². The fourth-order valence-corrected chi connectivity index (χ4v) is 2.81. The molecule has 0 aliphatic heterocycles. The fraction of sp³-hybridized carbons (Fsp3) is 0.524. The first-order valence-corrected chi connectivity index (χ1v) is 9.56. The summed E-state index contributed by atoms with van der Waals surface area (Å²) in [5, 5.41) is 21.4. The Bertz CT molecular complexity index is 796. The van der Waals surface area contributed by atoms with E-state index in [-0.39, 0.29) is 5.41 Å². The average molecular weight is 388 g/mol. The first-order valence-electron chi connectivity index (χ1n) is 9.56. The van der Waals surface area contributed by atoms with Crippen molar-refractivity contribution in [2.24, 2.45) is 12.0 Å².